The number of nitrogens with zero attached hydrogens (tertiary/aromatic N) is 4. The van der Waals surface area contributed by atoms with Crippen LogP contribution in [0.15, 0.2) is 154 Å². The van der Waals surface area contributed by atoms with Crippen LogP contribution in [0, 0.1) is 0 Å². The molecule has 8 rings (SSSR count). The van der Waals surface area contributed by atoms with Gasteiger partial charge in [0.05, 0.1) is 35.6 Å². The molecule has 18 heteroatoms. The summed E-state index contributed by atoms with van der Waals surface area (Å²) >= 11 is 3.25. The number of hydrogen-bond donors (Lipinski definition) is 3. The van der Waals surface area contributed by atoms with Crippen LogP contribution < -0.4 is 16.4 Å². The molecule has 4 heterocycles. The number of carbonyl (C=O) groups excluding carboxylic acids is 2. The number of sulfonamides is 2. The smallest absolute Gasteiger partial charge is 0.286 e. The first-order chi connectivity index (χ1) is 27.9. The van der Waals surface area contributed by atoms with Gasteiger partial charge in [-0.15, -0.1) is 8.80 Å². The number of aromatic nitrogens is 2. The number of nitrogen functional groups attached to an aromatic ring is 1. The van der Waals surface area contributed by atoms with Crippen molar-refractivity contribution in [2.24, 2.45) is 8.80 Å². The third-order valence-electron chi connectivity index (χ3n) is 9.19. The van der Waals surface area contributed by atoms with E-state index in [9.17, 15) is 26.4 Å². The van der Waals surface area contributed by atoms with Crippen LogP contribution in [0.1, 0.15) is 75.3 Å². The number of carbonyl (C=O) groups is 2. The number of nitrogens with one attached hydrogen (secondary N) is 2. The summed E-state index contributed by atoms with van der Waals surface area (Å²) in [6.45, 7) is 0. The minimum Gasteiger partial charge on any atom is -0.448 e. The van der Waals surface area contributed by atoms with Crippen molar-refractivity contribution in [1.82, 2.24) is 9.97 Å². The largest absolute Gasteiger partial charge is 0.448 e. The van der Waals surface area contributed by atoms with E-state index in [2.05, 4.69) is 45.3 Å². The van der Waals surface area contributed by atoms with Crippen molar-refractivity contribution in [3.63, 3.8) is 0 Å². The van der Waals surface area contributed by atoms with E-state index in [-0.39, 0.29) is 66.7 Å². The monoisotopic (exact) mass is 915 g/mol. The number of amidine groups is 2. The zero-order valence-corrected chi connectivity index (χ0v) is 33.6. The van der Waals surface area contributed by atoms with Crippen molar-refractivity contribution in [3.05, 3.63) is 149 Å². The molecule has 4 N–H and O–H groups in total. The fourth-order valence-corrected chi connectivity index (χ4v) is 9.23. The lowest BCUT2D eigenvalue weighted by Crippen LogP contribution is -2.29. The van der Waals surface area contributed by atoms with Gasteiger partial charge < -0.3 is 25.2 Å². The van der Waals surface area contributed by atoms with E-state index in [1.165, 1.54) is 30.7 Å². The first kappa shape index (κ1) is 44.9. The molecule has 0 spiro atoms. The molecule has 2 aliphatic rings. The molecule has 0 aliphatic carbocycles. The number of Topliss-reactive ketones (excluding diaryl/α,β-unsaturated/α-hetero) is 2. The molecule has 2 aromatic heterocycles. The molecule has 6 aromatic rings. The van der Waals surface area contributed by atoms with Crippen molar-refractivity contribution < 1.29 is 35.3 Å². The van der Waals surface area contributed by atoms with E-state index in [0.717, 1.165) is 11.1 Å². The first-order valence-electron chi connectivity index (χ1n) is 17.8. The van der Waals surface area contributed by atoms with Crippen molar-refractivity contribution in [2.45, 2.75) is 62.2 Å². The second kappa shape index (κ2) is 19.2. The highest BCUT2D eigenvalue weighted by atomic mass is 79.9. The Morgan fingerprint density at radius 2 is 1.07 bits per heavy atom. The molecule has 0 saturated heterocycles. The van der Waals surface area contributed by atoms with E-state index in [0.29, 0.717) is 40.5 Å². The summed E-state index contributed by atoms with van der Waals surface area (Å²) < 4.78 is 68.6. The van der Waals surface area contributed by atoms with E-state index in [4.69, 9.17) is 14.6 Å². The fraction of sp³-hybridized carbons (Fsp3) is 0.190. The zero-order valence-electron chi connectivity index (χ0n) is 30.4. The lowest BCUT2D eigenvalue weighted by atomic mass is 9.93. The number of anilines is 3. The number of oxazole rings is 2. The van der Waals surface area contributed by atoms with Crippen LogP contribution in [-0.4, -0.2) is 50.0 Å². The molecular weight excluding hydrogens is 875 g/mol. The molecule has 0 amide bonds. The Morgan fingerprint density at radius 1 is 0.633 bits per heavy atom. The molecule has 0 fully saturated rings. The maximum absolute atomic E-state index is 12.7. The highest BCUT2D eigenvalue weighted by molar-refractivity contribution is 9.10. The van der Waals surface area contributed by atoms with Gasteiger partial charge in [-0.25, -0.2) is 9.97 Å². The van der Waals surface area contributed by atoms with Gasteiger partial charge in [0.25, 0.3) is 20.0 Å². The summed E-state index contributed by atoms with van der Waals surface area (Å²) in [5.41, 5.74) is 8.49. The number of rotatable bonds is 12. The maximum Gasteiger partial charge on any atom is 0.286 e. The molecule has 2 aliphatic heterocycles. The Bertz CT molecular complexity index is 2540. The standard InChI is InChI=1S/C20H16BrN3O4S.C20H18N4O4S.2CH4/c2*21-14-6-8-16-18(12-14)29(26,27)24-19(23-16)17(25)9-7-15(20-22-10-11-28-20)13-4-2-1-3-5-13;;/h1-6,8,10-12,15H,7,9H2,(H,23,24);1-6,8,10-12,15H,7,9,21H2,(H,23,24);2*1H4. The molecule has 2 atom stereocenters. The topological polar surface area (TPSA) is 229 Å². The van der Waals surface area contributed by atoms with Gasteiger partial charge >= 0.3 is 0 Å². The van der Waals surface area contributed by atoms with E-state index in [1.54, 1.807) is 30.6 Å². The predicted octanol–water partition coefficient (Wildman–Crippen LogP) is 8.35. The molecular formula is C42H42BrN7O8S2. The number of halogens is 1. The van der Waals surface area contributed by atoms with Crippen molar-refractivity contribution in [3.8, 4) is 0 Å². The SMILES string of the molecule is C.C.Nc1ccc2c(c1)S(=O)(=O)N=C(C(=O)CCC(c1ccccc1)c1ncco1)N2.O=C(CCC(c1ccccc1)c1ncco1)C1=NS(=O)(=O)c2cc(Br)ccc2N1. The van der Waals surface area contributed by atoms with Gasteiger partial charge in [-0.3, -0.25) is 9.59 Å². The quantitative estimate of drug-likeness (QED) is 0.0982. The summed E-state index contributed by atoms with van der Waals surface area (Å²) in [7, 11) is -7.95. The molecule has 312 valence electrons. The van der Waals surface area contributed by atoms with Gasteiger partial charge in [-0.1, -0.05) is 91.4 Å². The van der Waals surface area contributed by atoms with Crippen LogP contribution in [0.2, 0.25) is 0 Å². The Hall–Kier alpha value is -6.24. The van der Waals surface area contributed by atoms with Gasteiger partial charge in [0.1, 0.15) is 22.3 Å². The summed E-state index contributed by atoms with van der Waals surface area (Å²) in [6.07, 6.45) is 7.01. The second-order valence-corrected chi connectivity index (χ2v) is 17.1. The lowest BCUT2D eigenvalue weighted by molar-refractivity contribution is -0.113. The molecule has 2 unspecified atom stereocenters. The average molecular weight is 917 g/mol. The molecule has 60 heavy (non-hydrogen) atoms. The molecule has 15 nitrogen and oxygen atoms in total. The van der Waals surface area contributed by atoms with E-state index in [1.807, 2.05) is 60.7 Å². The van der Waals surface area contributed by atoms with Crippen molar-refractivity contribution >= 4 is 76.3 Å². The van der Waals surface area contributed by atoms with Gasteiger partial charge in [0.15, 0.2) is 23.2 Å². The minimum absolute atomic E-state index is 0. The third-order valence-corrected chi connectivity index (χ3v) is 12.3. The fourth-order valence-electron chi connectivity index (χ4n) is 6.39. The van der Waals surface area contributed by atoms with Crippen molar-refractivity contribution in [2.75, 3.05) is 16.4 Å². The number of nitrogens with two attached hydrogens (primary N) is 1. The summed E-state index contributed by atoms with van der Waals surface area (Å²) in [5, 5.41) is 5.64. The molecule has 0 saturated carbocycles. The molecule has 0 bridgehead atoms. The van der Waals surface area contributed by atoms with Gasteiger partial charge in [0, 0.05) is 23.0 Å². The zero-order chi connectivity index (χ0) is 40.9. The minimum atomic E-state index is -4.00. The summed E-state index contributed by atoms with van der Waals surface area (Å²) in [6, 6.07) is 28.3. The molecule has 0 radical (unpaired) electrons. The maximum atomic E-state index is 12.7. The molecule has 4 aromatic carbocycles. The normalized spacial score (nSPS) is 15.2. The second-order valence-electron chi connectivity index (χ2n) is 13.1. The van der Waals surface area contributed by atoms with E-state index < -0.39 is 31.6 Å². The van der Waals surface area contributed by atoms with Gasteiger partial charge in [-0.2, -0.15) is 16.8 Å². The third kappa shape index (κ3) is 10.3. The van der Waals surface area contributed by atoms with Crippen LogP contribution >= 0.6 is 15.9 Å². The number of ketones is 2. The van der Waals surface area contributed by atoms with Crippen LogP contribution in [0.25, 0.3) is 0 Å². The number of benzene rings is 4. The lowest BCUT2D eigenvalue weighted by Gasteiger charge is -2.18. The highest BCUT2D eigenvalue weighted by Gasteiger charge is 2.31. The van der Waals surface area contributed by atoms with Crippen LogP contribution in [0.4, 0.5) is 17.1 Å². The Balaban J connectivity index is 0.000000220. The van der Waals surface area contributed by atoms with Crippen LogP contribution in [-0.2, 0) is 29.6 Å². The highest BCUT2D eigenvalue weighted by Crippen LogP contribution is 2.33. The van der Waals surface area contributed by atoms with Gasteiger partial charge in [-0.05, 0) is 60.4 Å². The first-order valence-corrected chi connectivity index (χ1v) is 21.4. The Kier molecular flexibility index (Phi) is 14.4. The Morgan fingerprint density at radius 3 is 1.50 bits per heavy atom. The van der Waals surface area contributed by atoms with Crippen LogP contribution in [0.5, 0.6) is 0 Å². The Labute approximate surface area is 356 Å². The number of fused-ring (bicyclic) bond motifs is 2. The van der Waals surface area contributed by atoms with Gasteiger partial charge in [0.2, 0.25) is 11.8 Å². The number of hydrogen-bond acceptors (Lipinski definition) is 13. The van der Waals surface area contributed by atoms with E-state index >= 15 is 0 Å². The van der Waals surface area contributed by atoms with Crippen LogP contribution in [0.3, 0.4) is 0 Å². The van der Waals surface area contributed by atoms with Crippen molar-refractivity contribution in [1.29, 1.82) is 0 Å². The average Bonchev–Trinajstić information content (AvgIpc) is 3.95. The predicted molar refractivity (Wildman–Crippen MR) is 233 cm³/mol. The summed E-state index contributed by atoms with van der Waals surface area (Å²) in [5.74, 6) is -0.651. The summed E-state index contributed by atoms with van der Waals surface area (Å²) in [4.78, 5) is 33.9.